The number of carbonyl (C=O) groups excluding carboxylic acids is 1. The summed E-state index contributed by atoms with van der Waals surface area (Å²) in [6.45, 7) is 1.80. The minimum absolute atomic E-state index is 0.0123. The second kappa shape index (κ2) is 8.71. The second-order valence-corrected chi connectivity index (χ2v) is 6.52. The summed E-state index contributed by atoms with van der Waals surface area (Å²) in [6.07, 6.45) is 0.730. The number of hydrogen-bond acceptors (Lipinski definition) is 5. The van der Waals surface area contributed by atoms with Crippen molar-refractivity contribution in [2.45, 2.75) is 19.8 Å². The molecular weight excluding hydrogens is 356 g/mol. The number of hydrogen-bond donors (Lipinski definition) is 2. The average molecular weight is 380 g/mol. The molecule has 6 nitrogen and oxygen atoms in total. The van der Waals surface area contributed by atoms with Crippen LogP contribution < -0.4 is 4.74 Å². The molecule has 0 saturated carbocycles. The van der Waals surface area contributed by atoms with E-state index in [1.54, 1.807) is 18.6 Å². The number of ketones is 1. The lowest BCUT2D eigenvalue weighted by Crippen LogP contribution is -2.06. The van der Waals surface area contributed by atoms with Gasteiger partial charge in [0, 0.05) is 35.9 Å². The van der Waals surface area contributed by atoms with Gasteiger partial charge >= 0.3 is 0 Å². The van der Waals surface area contributed by atoms with Gasteiger partial charge in [0.2, 0.25) is 5.88 Å². The van der Waals surface area contributed by atoms with Crippen LogP contribution in [0.1, 0.15) is 25.3 Å². The van der Waals surface area contributed by atoms with Crippen molar-refractivity contribution in [1.82, 2.24) is 4.57 Å². The fourth-order valence-electron chi connectivity index (χ4n) is 3.22. The normalized spacial score (nSPS) is 11.8. The van der Waals surface area contributed by atoms with Crippen molar-refractivity contribution in [3.63, 3.8) is 0 Å². The zero-order valence-corrected chi connectivity index (χ0v) is 16.1. The summed E-state index contributed by atoms with van der Waals surface area (Å²) in [5.74, 6) is 0.711. The SMILES string of the molecule is COc1ccc2c(C(C)=NCC(=O)CCCO)c(O)n(-c3ccccc3)c2c1. The van der Waals surface area contributed by atoms with Crippen molar-refractivity contribution < 1.29 is 19.7 Å². The minimum Gasteiger partial charge on any atom is -0.497 e. The molecule has 1 heterocycles. The van der Waals surface area contributed by atoms with Gasteiger partial charge in [-0.2, -0.15) is 0 Å². The second-order valence-electron chi connectivity index (χ2n) is 6.52. The number of aliphatic hydroxyl groups is 1. The number of aromatic hydroxyl groups is 1. The molecule has 2 N–H and O–H groups in total. The number of carbonyl (C=O) groups is 1. The third-order valence-corrected chi connectivity index (χ3v) is 4.63. The van der Waals surface area contributed by atoms with Gasteiger partial charge in [-0.25, -0.2) is 0 Å². The number of para-hydroxylation sites is 1. The van der Waals surface area contributed by atoms with Crippen molar-refractivity contribution in [2.24, 2.45) is 4.99 Å². The van der Waals surface area contributed by atoms with Gasteiger partial charge in [-0.05, 0) is 37.6 Å². The van der Waals surface area contributed by atoms with E-state index in [2.05, 4.69) is 4.99 Å². The summed E-state index contributed by atoms with van der Waals surface area (Å²) in [7, 11) is 1.60. The number of fused-ring (bicyclic) bond motifs is 1. The van der Waals surface area contributed by atoms with Gasteiger partial charge in [-0.15, -0.1) is 0 Å². The summed E-state index contributed by atoms with van der Waals surface area (Å²) in [5, 5.41) is 20.7. The summed E-state index contributed by atoms with van der Waals surface area (Å²) < 4.78 is 7.10. The van der Waals surface area contributed by atoms with Crippen LogP contribution in [0.25, 0.3) is 16.6 Å². The van der Waals surface area contributed by atoms with Gasteiger partial charge in [0.25, 0.3) is 0 Å². The molecule has 0 unspecified atom stereocenters. The molecule has 28 heavy (non-hydrogen) atoms. The molecule has 0 aliphatic carbocycles. The van der Waals surface area contributed by atoms with Crippen molar-refractivity contribution in [3.8, 4) is 17.3 Å². The first-order valence-electron chi connectivity index (χ1n) is 9.17. The first-order chi connectivity index (χ1) is 13.6. The van der Waals surface area contributed by atoms with E-state index in [1.165, 1.54) is 0 Å². The summed E-state index contributed by atoms with van der Waals surface area (Å²) in [4.78, 5) is 16.3. The van der Waals surface area contributed by atoms with E-state index in [0.717, 1.165) is 16.6 Å². The van der Waals surface area contributed by atoms with E-state index < -0.39 is 0 Å². The van der Waals surface area contributed by atoms with E-state index in [4.69, 9.17) is 9.84 Å². The number of aromatic nitrogens is 1. The summed E-state index contributed by atoms with van der Waals surface area (Å²) in [5.41, 5.74) is 2.78. The Morgan fingerprint density at radius 3 is 2.61 bits per heavy atom. The highest BCUT2D eigenvalue weighted by Crippen LogP contribution is 2.36. The molecule has 0 bridgehead atoms. The number of Topliss-reactive ketones (excluding diaryl/α,β-unsaturated/α-hetero) is 1. The van der Waals surface area contributed by atoms with Crippen LogP contribution in [-0.4, -0.2) is 46.5 Å². The summed E-state index contributed by atoms with van der Waals surface area (Å²) in [6, 6.07) is 15.1. The average Bonchev–Trinajstić information content (AvgIpc) is 3.01. The van der Waals surface area contributed by atoms with E-state index in [1.807, 2.05) is 48.5 Å². The Kier molecular flexibility index (Phi) is 6.11. The van der Waals surface area contributed by atoms with Crippen LogP contribution >= 0.6 is 0 Å². The molecule has 0 spiro atoms. The Balaban J connectivity index is 2.10. The molecular formula is C22H24N2O4. The number of rotatable bonds is 8. The van der Waals surface area contributed by atoms with Crippen LogP contribution in [0.4, 0.5) is 0 Å². The highest BCUT2D eigenvalue weighted by molar-refractivity contribution is 6.13. The van der Waals surface area contributed by atoms with Gasteiger partial charge in [-0.1, -0.05) is 18.2 Å². The highest BCUT2D eigenvalue weighted by Gasteiger charge is 2.20. The standard InChI is InChI=1S/C22H24N2O4/c1-15(23-14-17(26)9-6-12-25)21-19-11-10-18(28-2)13-20(19)24(22(21)27)16-7-4-3-5-8-16/h3-5,7-8,10-11,13,25,27H,6,9,12,14H2,1-2H3. The number of methoxy groups -OCH3 is 1. The highest BCUT2D eigenvalue weighted by atomic mass is 16.5. The van der Waals surface area contributed by atoms with Crippen LogP contribution in [0, 0.1) is 0 Å². The molecule has 2 aromatic carbocycles. The lowest BCUT2D eigenvalue weighted by Gasteiger charge is -2.08. The van der Waals surface area contributed by atoms with Gasteiger partial charge in [0.05, 0.1) is 24.7 Å². The Morgan fingerprint density at radius 2 is 1.93 bits per heavy atom. The molecule has 0 aliphatic heterocycles. The molecule has 0 fully saturated rings. The Labute approximate surface area is 163 Å². The van der Waals surface area contributed by atoms with E-state index in [9.17, 15) is 9.90 Å². The smallest absolute Gasteiger partial charge is 0.206 e. The van der Waals surface area contributed by atoms with Crippen LogP contribution in [0.5, 0.6) is 11.6 Å². The lowest BCUT2D eigenvalue weighted by molar-refractivity contribution is -0.117. The molecule has 0 radical (unpaired) electrons. The first kappa shape index (κ1) is 19.6. The zero-order valence-electron chi connectivity index (χ0n) is 16.1. The van der Waals surface area contributed by atoms with Crippen molar-refractivity contribution in [3.05, 3.63) is 54.1 Å². The zero-order chi connectivity index (χ0) is 20.1. The van der Waals surface area contributed by atoms with Crippen molar-refractivity contribution >= 4 is 22.4 Å². The maximum atomic E-state index is 11.9. The molecule has 1 aromatic heterocycles. The Morgan fingerprint density at radius 1 is 1.18 bits per heavy atom. The fourth-order valence-corrected chi connectivity index (χ4v) is 3.22. The maximum absolute atomic E-state index is 11.9. The van der Waals surface area contributed by atoms with E-state index in [0.29, 0.717) is 29.9 Å². The van der Waals surface area contributed by atoms with Crippen molar-refractivity contribution in [2.75, 3.05) is 20.3 Å². The number of aliphatic hydroxyl groups excluding tert-OH is 1. The molecule has 3 aromatic rings. The predicted octanol–water partition coefficient (Wildman–Crippen LogP) is 3.50. The Bertz CT molecular complexity index is 1010. The van der Waals surface area contributed by atoms with Gasteiger partial charge in [0.15, 0.2) is 5.78 Å². The number of benzene rings is 2. The van der Waals surface area contributed by atoms with E-state index in [-0.39, 0.29) is 24.8 Å². The molecule has 0 saturated heterocycles. The van der Waals surface area contributed by atoms with Gasteiger partial charge in [-0.3, -0.25) is 14.4 Å². The van der Waals surface area contributed by atoms with Crippen molar-refractivity contribution in [1.29, 1.82) is 0 Å². The minimum atomic E-state index is -0.0404. The maximum Gasteiger partial charge on any atom is 0.206 e. The molecule has 3 rings (SSSR count). The molecule has 0 aliphatic rings. The number of ether oxygens (including phenoxy) is 1. The quantitative estimate of drug-likeness (QED) is 0.586. The molecule has 0 atom stereocenters. The van der Waals surface area contributed by atoms with E-state index >= 15 is 0 Å². The third-order valence-electron chi connectivity index (χ3n) is 4.63. The number of aliphatic imine (C=N–C) groups is 1. The van der Waals surface area contributed by atoms with Gasteiger partial charge in [0.1, 0.15) is 5.75 Å². The predicted molar refractivity (Wildman–Crippen MR) is 110 cm³/mol. The molecule has 0 amide bonds. The largest absolute Gasteiger partial charge is 0.497 e. The van der Waals surface area contributed by atoms with Crippen LogP contribution in [0.3, 0.4) is 0 Å². The molecule has 146 valence electrons. The summed E-state index contributed by atoms with van der Waals surface area (Å²) >= 11 is 0. The van der Waals surface area contributed by atoms with Crippen LogP contribution in [0.2, 0.25) is 0 Å². The fraction of sp³-hybridized carbons (Fsp3) is 0.273. The third kappa shape index (κ3) is 3.92. The van der Waals surface area contributed by atoms with Crippen LogP contribution in [0.15, 0.2) is 53.5 Å². The molecule has 6 heteroatoms. The van der Waals surface area contributed by atoms with Gasteiger partial charge < -0.3 is 14.9 Å². The Hall–Kier alpha value is -3.12. The topological polar surface area (TPSA) is 84.1 Å². The van der Waals surface area contributed by atoms with Crippen LogP contribution in [-0.2, 0) is 4.79 Å². The number of nitrogens with zero attached hydrogens (tertiary/aromatic N) is 2. The lowest BCUT2D eigenvalue weighted by atomic mass is 10.1. The monoisotopic (exact) mass is 380 g/mol. The first-order valence-corrected chi connectivity index (χ1v) is 9.17.